The Kier molecular flexibility index (Phi) is 8.41. The SMILES string of the molecule is CO[C@@](C(=O)OC1/C=C\C(=O)O[C@@H](C)CCC[C@@H](O)/C=C\1)(c1ccccc1)C(F)(F)F. The zero-order valence-electron chi connectivity index (χ0n) is 17.2. The van der Waals surface area contributed by atoms with Gasteiger partial charge in [-0.3, -0.25) is 0 Å². The second-order valence-electron chi connectivity index (χ2n) is 7.11. The summed E-state index contributed by atoms with van der Waals surface area (Å²) in [6.45, 7) is 1.69. The Morgan fingerprint density at radius 2 is 1.81 bits per heavy atom. The summed E-state index contributed by atoms with van der Waals surface area (Å²) < 4.78 is 57.0. The van der Waals surface area contributed by atoms with Crippen molar-refractivity contribution >= 4 is 11.9 Å². The van der Waals surface area contributed by atoms with Crippen LogP contribution in [0.4, 0.5) is 13.2 Å². The van der Waals surface area contributed by atoms with Gasteiger partial charge in [-0.1, -0.05) is 36.4 Å². The van der Waals surface area contributed by atoms with E-state index in [9.17, 15) is 27.9 Å². The van der Waals surface area contributed by atoms with Crippen molar-refractivity contribution in [2.75, 3.05) is 7.11 Å². The van der Waals surface area contributed by atoms with Crippen LogP contribution >= 0.6 is 0 Å². The topological polar surface area (TPSA) is 82.1 Å². The van der Waals surface area contributed by atoms with Crippen molar-refractivity contribution < 1.29 is 42.1 Å². The zero-order chi connectivity index (χ0) is 23.1. The number of ether oxygens (including phenoxy) is 3. The van der Waals surface area contributed by atoms with Gasteiger partial charge in [0.2, 0.25) is 0 Å². The van der Waals surface area contributed by atoms with Gasteiger partial charge in [0.05, 0.1) is 12.2 Å². The molecule has 4 atom stereocenters. The van der Waals surface area contributed by atoms with E-state index in [4.69, 9.17) is 14.2 Å². The lowest BCUT2D eigenvalue weighted by Gasteiger charge is -2.33. The van der Waals surface area contributed by atoms with Crippen LogP contribution in [0.3, 0.4) is 0 Å². The van der Waals surface area contributed by atoms with Gasteiger partial charge in [0.15, 0.2) is 0 Å². The molecule has 1 N–H and O–H groups in total. The van der Waals surface area contributed by atoms with Crippen molar-refractivity contribution in [1.29, 1.82) is 0 Å². The average Bonchev–Trinajstić information content (AvgIpc) is 2.70. The summed E-state index contributed by atoms with van der Waals surface area (Å²) in [5, 5.41) is 10.0. The van der Waals surface area contributed by atoms with Gasteiger partial charge in [-0.2, -0.15) is 13.2 Å². The highest BCUT2D eigenvalue weighted by Crippen LogP contribution is 2.43. The van der Waals surface area contributed by atoms with Gasteiger partial charge in [-0.05, 0) is 38.3 Å². The molecular weight excluding hydrogens is 417 g/mol. The number of halogens is 3. The zero-order valence-corrected chi connectivity index (χ0v) is 17.2. The van der Waals surface area contributed by atoms with E-state index in [0.717, 1.165) is 31.4 Å². The molecule has 1 heterocycles. The highest BCUT2D eigenvalue weighted by molar-refractivity contribution is 5.84. The number of aliphatic hydroxyl groups excluding tert-OH is 1. The molecule has 0 aromatic heterocycles. The number of carbonyl (C=O) groups excluding carboxylic acids is 2. The van der Waals surface area contributed by atoms with Crippen LogP contribution in [0, 0.1) is 0 Å². The van der Waals surface area contributed by atoms with Crippen molar-refractivity contribution in [1.82, 2.24) is 0 Å². The standard InChI is InChI=1S/C22H25F3O6/c1-15-7-6-10-17(26)11-12-18(13-14-19(27)30-15)31-20(28)21(29-2,22(23,24)25)16-8-4-3-5-9-16/h3-5,8-9,11-15,17-18,26H,6-7,10H2,1-2H3/b12-11-,14-13-/t15-,17+,18?,21+/m0/s1. The molecule has 0 saturated heterocycles. The molecule has 0 radical (unpaired) electrons. The van der Waals surface area contributed by atoms with Crippen molar-refractivity contribution in [3.8, 4) is 0 Å². The van der Waals surface area contributed by atoms with E-state index >= 15 is 0 Å². The summed E-state index contributed by atoms with van der Waals surface area (Å²) in [7, 11) is 0.761. The number of methoxy groups -OCH3 is 1. The van der Waals surface area contributed by atoms with E-state index in [-0.39, 0.29) is 0 Å². The molecule has 1 aromatic carbocycles. The molecule has 0 fully saturated rings. The molecule has 31 heavy (non-hydrogen) atoms. The van der Waals surface area contributed by atoms with Crippen LogP contribution in [-0.4, -0.2) is 48.6 Å². The fourth-order valence-electron chi connectivity index (χ4n) is 3.15. The van der Waals surface area contributed by atoms with Crippen molar-refractivity contribution in [3.63, 3.8) is 0 Å². The summed E-state index contributed by atoms with van der Waals surface area (Å²) in [4.78, 5) is 24.7. The Balaban J connectivity index is 2.37. The molecule has 0 aliphatic carbocycles. The van der Waals surface area contributed by atoms with Crippen molar-refractivity contribution in [2.45, 2.75) is 56.3 Å². The maximum atomic E-state index is 14.0. The Bertz CT molecular complexity index is 805. The first kappa shape index (κ1) is 24.6. The average molecular weight is 442 g/mol. The lowest BCUT2D eigenvalue weighted by molar-refractivity contribution is -0.277. The Labute approximate surface area is 178 Å². The molecular formula is C22H25F3O6. The van der Waals surface area contributed by atoms with Crippen LogP contribution < -0.4 is 0 Å². The number of esters is 2. The molecule has 2 rings (SSSR count). The van der Waals surface area contributed by atoms with Crippen molar-refractivity contribution in [2.24, 2.45) is 0 Å². The molecule has 0 saturated carbocycles. The fourth-order valence-corrected chi connectivity index (χ4v) is 3.15. The van der Waals surface area contributed by atoms with Crippen molar-refractivity contribution in [3.05, 3.63) is 60.2 Å². The third-order valence-electron chi connectivity index (χ3n) is 4.79. The highest BCUT2D eigenvalue weighted by atomic mass is 19.4. The van der Waals surface area contributed by atoms with E-state index in [2.05, 4.69) is 0 Å². The molecule has 9 heteroatoms. The molecule has 1 aromatic rings. The van der Waals surface area contributed by atoms with Crippen LogP contribution in [0.5, 0.6) is 0 Å². The normalized spacial score (nSPS) is 27.0. The predicted octanol–water partition coefficient (Wildman–Crippen LogP) is 3.59. The quantitative estimate of drug-likeness (QED) is 0.567. The summed E-state index contributed by atoms with van der Waals surface area (Å²) in [6.07, 6.45) is -1.79. The number of alkyl halides is 3. The first-order valence-corrected chi connectivity index (χ1v) is 9.74. The van der Waals surface area contributed by atoms with Gasteiger partial charge >= 0.3 is 18.1 Å². The maximum absolute atomic E-state index is 14.0. The monoisotopic (exact) mass is 442 g/mol. The van der Waals surface area contributed by atoms with Crippen LogP contribution in [0.25, 0.3) is 0 Å². The minimum atomic E-state index is -5.13. The molecule has 170 valence electrons. The largest absolute Gasteiger partial charge is 0.460 e. The second-order valence-corrected chi connectivity index (χ2v) is 7.11. The van der Waals surface area contributed by atoms with E-state index in [0.29, 0.717) is 19.3 Å². The van der Waals surface area contributed by atoms with Crippen LogP contribution in [-0.2, 0) is 29.4 Å². The molecule has 0 amide bonds. The van der Waals surface area contributed by atoms with Gasteiger partial charge in [0, 0.05) is 18.7 Å². The van der Waals surface area contributed by atoms with Gasteiger partial charge < -0.3 is 19.3 Å². The third kappa shape index (κ3) is 6.18. The number of cyclic esters (lactones) is 1. The number of hydrogen-bond acceptors (Lipinski definition) is 6. The van der Waals surface area contributed by atoms with Crippen LogP contribution in [0.2, 0.25) is 0 Å². The number of benzene rings is 1. The Morgan fingerprint density at radius 3 is 2.42 bits per heavy atom. The second kappa shape index (κ2) is 10.6. The van der Waals surface area contributed by atoms with Gasteiger partial charge in [0.1, 0.15) is 6.10 Å². The van der Waals surface area contributed by atoms with Gasteiger partial charge in [0.25, 0.3) is 5.60 Å². The minimum absolute atomic E-state index is 0.345. The highest BCUT2D eigenvalue weighted by Gasteiger charge is 2.64. The lowest BCUT2D eigenvalue weighted by atomic mass is 9.92. The number of rotatable bonds is 4. The summed E-state index contributed by atoms with van der Waals surface area (Å²) in [5.41, 5.74) is -3.82. The van der Waals surface area contributed by atoms with E-state index in [1.807, 2.05) is 0 Å². The molecule has 6 nitrogen and oxygen atoms in total. The molecule has 0 bridgehead atoms. The maximum Gasteiger partial charge on any atom is 0.432 e. The third-order valence-corrected chi connectivity index (χ3v) is 4.79. The Hall–Kier alpha value is -2.65. The predicted molar refractivity (Wildman–Crippen MR) is 105 cm³/mol. The molecule has 1 aliphatic rings. The lowest BCUT2D eigenvalue weighted by Crippen LogP contribution is -2.52. The van der Waals surface area contributed by atoms with Gasteiger partial charge in [-0.15, -0.1) is 0 Å². The fraction of sp³-hybridized carbons (Fsp3) is 0.455. The number of carbonyl (C=O) groups is 2. The summed E-state index contributed by atoms with van der Waals surface area (Å²) in [6, 6.07) is 6.38. The summed E-state index contributed by atoms with van der Waals surface area (Å²) in [5.74, 6) is -2.43. The molecule has 1 aliphatic heterocycles. The van der Waals surface area contributed by atoms with Crippen LogP contribution in [0.1, 0.15) is 31.7 Å². The van der Waals surface area contributed by atoms with E-state index < -0.39 is 47.6 Å². The molecule has 0 spiro atoms. The van der Waals surface area contributed by atoms with Gasteiger partial charge in [-0.25, -0.2) is 9.59 Å². The number of hydrogen-bond donors (Lipinski definition) is 1. The first-order valence-electron chi connectivity index (χ1n) is 9.74. The number of aliphatic hydroxyl groups is 1. The van der Waals surface area contributed by atoms with Crippen LogP contribution in [0.15, 0.2) is 54.6 Å². The summed E-state index contributed by atoms with van der Waals surface area (Å²) >= 11 is 0. The Morgan fingerprint density at radius 1 is 1.13 bits per heavy atom. The minimum Gasteiger partial charge on any atom is -0.460 e. The molecule has 1 unspecified atom stereocenters. The smallest absolute Gasteiger partial charge is 0.432 e. The van der Waals surface area contributed by atoms with E-state index in [1.165, 1.54) is 30.4 Å². The van der Waals surface area contributed by atoms with E-state index in [1.54, 1.807) is 6.92 Å². The first-order chi connectivity index (χ1) is 14.6.